The number of nitrogens with one attached hydrogen (secondary N) is 1. The number of halogens is 1. The van der Waals surface area contributed by atoms with Crippen molar-refractivity contribution in [1.82, 2.24) is 9.88 Å². The monoisotopic (exact) mass is 336 g/mol. The highest BCUT2D eigenvalue weighted by atomic mass is 79.9. The van der Waals surface area contributed by atoms with Gasteiger partial charge in [-0.15, -0.1) is 0 Å². The lowest BCUT2D eigenvalue weighted by molar-refractivity contribution is 0.0696. The molecule has 0 saturated carbocycles. The molecule has 2 rings (SSSR count). The zero-order valence-electron chi connectivity index (χ0n) is 11.4. The Bertz CT molecular complexity index is 609. The molecule has 2 N–H and O–H groups in total. The standard InChI is InChI=1S/C15H17BrN2O2/c1-3-18(15(20)14-8-12(16)9-17-14)10(2)11-5-4-6-13(19)7-11/h4-10,17,19H,3H2,1-2H3. The Kier molecular flexibility index (Phi) is 4.49. The number of benzene rings is 1. The average molecular weight is 337 g/mol. The van der Waals surface area contributed by atoms with Crippen LogP contribution in [-0.2, 0) is 0 Å². The van der Waals surface area contributed by atoms with Gasteiger partial charge in [-0.2, -0.15) is 0 Å². The van der Waals surface area contributed by atoms with E-state index in [9.17, 15) is 9.90 Å². The van der Waals surface area contributed by atoms with Crippen molar-refractivity contribution >= 4 is 21.8 Å². The number of amides is 1. The van der Waals surface area contributed by atoms with E-state index in [2.05, 4.69) is 20.9 Å². The van der Waals surface area contributed by atoms with Gasteiger partial charge in [0.15, 0.2) is 0 Å². The summed E-state index contributed by atoms with van der Waals surface area (Å²) >= 11 is 3.33. The first-order valence-corrected chi connectivity index (χ1v) is 7.26. The maximum atomic E-state index is 12.5. The smallest absolute Gasteiger partial charge is 0.270 e. The van der Waals surface area contributed by atoms with E-state index in [0.29, 0.717) is 12.2 Å². The molecule has 2 aromatic rings. The third kappa shape index (κ3) is 3.04. The summed E-state index contributed by atoms with van der Waals surface area (Å²) in [5, 5.41) is 9.56. The van der Waals surface area contributed by atoms with Crippen molar-refractivity contribution < 1.29 is 9.90 Å². The van der Waals surface area contributed by atoms with Crippen LogP contribution in [0.25, 0.3) is 0 Å². The van der Waals surface area contributed by atoms with Gasteiger partial charge in [0, 0.05) is 17.2 Å². The summed E-state index contributed by atoms with van der Waals surface area (Å²) in [6, 6.07) is 8.65. The summed E-state index contributed by atoms with van der Waals surface area (Å²) < 4.78 is 0.849. The van der Waals surface area contributed by atoms with Crippen LogP contribution in [0.1, 0.15) is 35.9 Å². The van der Waals surface area contributed by atoms with Gasteiger partial charge in [-0.1, -0.05) is 12.1 Å². The fraction of sp³-hybridized carbons (Fsp3) is 0.267. The number of aromatic amines is 1. The maximum Gasteiger partial charge on any atom is 0.270 e. The molecule has 0 radical (unpaired) electrons. The van der Waals surface area contributed by atoms with Crippen molar-refractivity contribution in [3.8, 4) is 5.75 Å². The first-order valence-electron chi connectivity index (χ1n) is 6.46. The summed E-state index contributed by atoms with van der Waals surface area (Å²) in [6.07, 6.45) is 1.74. The Morgan fingerprint density at radius 1 is 1.45 bits per heavy atom. The minimum absolute atomic E-state index is 0.0611. The van der Waals surface area contributed by atoms with Crippen molar-refractivity contribution in [2.45, 2.75) is 19.9 Å². The minimum atomic E-state index is -0.110. The fourth-order valence-electron chi connectivity index (χ4n) is 2.20. The van der Waals surface area contributed by atoms with Gasteiger partial charge in [-0.05, 0) is 53.5 Å². The number of phenols is 1. The van der Waals surface area contributed by atoms with Gasteiger partial charge in [0.1, 0.15) is 11.4 Å². The average Bonchev–Trinajstić information content (AvgIpc) is 2.86. The summed E-state index contributed by atoms with van der Waals surface area (Å²) in [7, 11) is 0. The minimum Gasteiger partial charge on any atom is -0.508 e. The molecule has 1 atom stereocenters. The number of phenolic OH excluding ortho intramolecular Hbond substituents is 1. The molecule has 1 aromatic carbocycles. The van der Waals surface area contributed by atoms with Crippen molar-refractivity contribution in [2.75, 3.05) is 6.54 Å². The Morgan fingerprint density at radius 3 is 2.75 bits per heavy atom. The molecule has 0 spiro atoms. The first kappa shape index (κ1) is 14.7. The van der Waals surface area contributed by atoms with Crippen molar-refractivity contribution in [3.05, 3.63) is 52.3 Å². The number of hydrogen-bond donors (Lipinski definition) is 2. The van der Waals surface area contributed by atoms with Crippen LogP contribution in [0, 0.1) is 0 Å². The summed E-state index contributed by atoms with van der Waals surface area (Å²) in [4.78, 5) is 17.2. The maximum absolute atomic E-state index is 12.5. The third-order valence-corrected chi connectivity index (χ3v) is 3.76. The summed E-state index contributed by atoms with van der Waals surface area (Å²) in [6.45, 7) is 4.48. The number of aromatic hydroxyl groups is 1. The highest BCUT2D eigenvalue weighted by molar-refractivity contribution is 9.10. The molecule has 0 bridgehead atoms. The fourth-order valence-corrected chi connectivity index (χ4v) is 2.55. The molecule has 0 aliphatic heterocycles. The van der Waals surface area contributed by atoms with Crippen molar-refractivity contribution in [1.29, 1.82) is 0 Å². The molecule has 0 saturated heterocycles. The number of rotatable bonds is 4. The number of H-pyrrole nitrogens is 1. The van der Waals surface area contributed by atoms with Crippen LogP contribution in [0.15, 0.2) is 41.0 Å². The van der Waals surface area contributed by atoms with E-state index in [1.54, 1.807) is 35.4 Å². The summed E-state index contributed by atoms with van der Waals surface area (Å²) in [5.74, 6) is 0.148. The van der Waals surface area contributed by atoms with Crippen LogP contribution in [-0.4, -0.2) is 27.4 Å². The molecule has 0 aliphatic carbocycles. The van der Waals surface area contributed by atoms with Crippen LogP contribution >= 0.6 is 15.9 Å². The SMILES string of the molecule is CCN(C(=O)c1cc(Br)c[nH]1)C(C)c1cccc(O)c1. The van der Waals surface area contributed by atoms with Gasteiger partial charge in [0.25, 0.3) is 5.91 Å². The highest BCUT2D eigenvalue weighted by Gasteiger charge is 2.22. The van der Waals surface area contributed by atoms with Crippen molar-refractivity contribution in [2.24, 2.45) is 0 Å². The van der Waals surface area contributed by atoms with Crippen molar-refractivity contribution in [3.63, 3.8) is 0 Å². The molecule has 1 unspecified atom stereocenters. The largest absolute Gasteiger partial charge is 0.508 e. The lowest BCUT2D eigenvalue weighted by Gasteiger charge is -2.28. The summed E-state index contributed by atoms with van der Waals surface area (Å²) in [5.41, 5.74) is 1.46. The van der Waals surface area contributed by atoms with Gasteiger partial charge < -0.3 is 15.0 Å². The molecule has 1 heterocycles. The number of carbonyl (C=O) groups excluding carboxylic acids is 1. The molecule has 106 valence electrons. The van der Waals surface area contributed by atoms with E-state index in [1.807, 2.05) is 19.9 Å². The normalized spacial score (nSPS) is 12.2. The molecule has 0 fully saturated rings. The number of nitrogens with zero attached hydrogens (tertiary/aromatic N) is 1. The Hall–Kier alpha value is -1.75. The number of carbonyl (C=O) groups is 1. The quantitative estimate of drug-likeness (QED) is 0.894. The molecular formula is C15H17BrN2O2. The van der Waals surface area contributed by atoms with Crippen LogP contribution in [0.5, 0.6) is 5.75 Å². The molecule has 5 heteroatoms. The van der Waals surface area contributed by atoms with Crippen LogP contribution in [0.2, 0.25) is 0 Å². The van der Waals surface area contributed by atoms with Gasteiger partial charge in [-0.3, -0.25) is 4.79 Å². The Balaban J connectivity index is 2.25. The van der Waals surface area contributed by atoms with Crippen LogP contribution in [0.3, 0.4) is 0 Å². The van der Waals surface area contributed by atoms with Crippen LogP contribution in [0.4, 0.5) is 0 Å². The molecule has 0 aliphatic rings. The van der Waals surface area contributed by atoms with Crippen LogP contribution < -0.4 is 0 Å². The van der Waals surface area contributed by atoms with Gasteiger partial charge in [-0.25, -0.2) is 0 Å². The predicted molar refractivity (Wildman–Crippen MR) is 81.7 cm³/mol. The number of hydrogen-bond acceptors (Lipinski definition) is 2. The second kappa shape index (κ2) is 6.13. The van der Waals surface area contributed by atoms with Gasteiger partial charge >= 0.3 is 0 Å². The molecule has 4 nitrogen and oxygen atoms in total. The molecule has 20 heavy (non-hydrogen) atoms. The van der Waals surface area contributed by atoms with E-state index >= 15 is 0 Å². The Labute approximate surface area is 126 Å². The Morgan fingerprint density at radius 2 is 2.20 bits per heavy atom. The van der Waals surface area contributed by atoms with E-state index in [-0.39, 0.29) is 17.7 Å². The third-order valence-electron chi connectivity index (χ3n) is 3.30. The lowest BCUT2D eigenvalue weighted by Crippen LogP contribution is -2.33. The second-order valence-corrected chi connectivity index (χ2v) is 5.51. The van der Waals surface area contributed by atoms with Gasteiger partial charge in [0.2, 0.25) is 0 Å². The van der Waals surface area contributed by atoms with E-state index < -0.39 is 0 Å². The lowest BCUT2D eigenvalue weighted by atomic mass is 10.1. The predicted octanol–water partition coefficient (Wildman–Crippen LogP) is 3.71. The van der Waals surface area contributed by atoms with E-state index in [0.717, 1.165) is 10.0 Å². The topological polar surface area (TPSA) is 56.3 Å². The zero-order valence-corrected chi connectivity index (χ0v) is 13.0. The highest BCUT2D eigenvalue weighted by Crippen LogP contribution is 2.25. The molecule has 1 aromatic heterocycles. The van der Waals surface area contributed by atoms with E-state index in [1.165, 1.54) is 0 Å². The molecular weight excluding hydrogens is 320 g/mol. The number of aromatic nitrogens is 1. The first-order chi connectivity index (χ1) is 9.52. The second-order valence-electron chi connectivity index (χ2n) is 4.59. The zero-order chi connectivity index (χ0) is 14.7. The molecule has 1 amide bonds. The van der Waals surface area contributed by atoms with Gasteiger partial charge in [0.05, 0.1) is 6.04 Å². The van der Waals surface area contributed by atoms with E-state index in [4.69, 9.17) is 0 Å².